The van der Waals surface area contributed by atoms with E-state index in [0.29, 0.717) is 11.3 Å². The van der Waals surface area contributed by atoms with Crippen LogP contribution in [0.15, 0.2) is 18.2 Å². The average molecular weight is 293 g/mol. The number of imidazole rings is 1. The number of fused-ring (bicyclic) bond motifs is 1. The van der Waals surface area contributed by atoms with Crippen molar-refractivity contribution in [3.8, 4) is 5.75 Å². The summed E-state index contributed by atoms with van der Waals surface area (Å²) in [7, 11) is 1.69. The van der Waals surface area contributed by atoms with Crippen LogP contribution in [0.4, 0.5) is 0 Å². The smallest absolute Gasteiger partial charge is 0.146 e. The molecule has 4 heteroatoms. The lowest BCUT2D eigenvalue weighted by Gasteiger charge is -2.17. The molecule has 1 saturated carbocycles. The summed E-state index contributed by atoms with van der Waals surface area (Å²) in [5.41, 5.74) is 2.55. The lowest BCUT2D eigenvalue weighted by molar-refractivity contribution is 0.389. The molecule has 0 unspecified atom stereocenters. The molecule has 1 aromatic heterocycles. The molecule has 1 aromatic carbocycles. The van der Waals surface area contributed by atoms with Crippen molar-refractivity contribution in [2.24, 2.45) is 5.41 Å². The van der Waals surface area contributed by atoms with Gasteiger partial charge in [-0.2, -0.15) is 0 Å². The van der Waals surface area contributed by atoms with Crippen LogP contribution < -0.4 is 4.74 Å². The van der Waals surface area contributed by atoms with Gasteiger partial charge in [0.05, 0.1) is 18.5 Å². The number of rotatable bonds is 6. The van der Waals surface area contributed by atoms with Crippen molar-refractivity contribution in [1.29, 1.82) is 0 Å². The summed E-state index contributed by atoms with van der Waals surface area (Å²) in [6.45, 7) is 3.30. The van der Waals surface area contributed by atoms with E-state index in [0.717, 1.165) is 29.2 Å². The van der Waals surface area contributed by atoms with Gasteiger partial charge in [-0.25, -0.2) is 4.98 Å². The Kier molecular flexibility index (Phi) is 3.63. The normalized spacial score (nSPS) is 16.6. The maximum Gasteiger partial charge on any atom is 0.146 e. The lowest BCUT2D eigenvalue weighted by atomic mass is 10.0. The van der Waals surface area contributed by atoms with E-state index in [-0.39, 0.29) is 0 Å². The molecule has 0 atom stereocenters. The Hall–Kier alpha value is -1.22. The minimum absolute atomic E-state index is 0.444. The minimum Gasteiger partial charge on any atom is -0.494 e. The first-order valence-corrected chi connectivity index (χ1v) is 7.84. The molecule has 2 aromatic rings. The largest absolute Gasteiger partial charge is 0.494 e. The molecule has 0 bridgehead atoms. The molecule has 0 spiro atoms. The Bertz CT molecular complexity index is 616. The molecule has 20 heavy (non-hydrogen) atoms. The van der Waals surface area contributed by atoms with Gasteiger partial charge in [-0.05, 0) is 36.8 Å². The molecule has 1 aliphatic rings. The monoisotopic (exact) mass is 292 g/mol. The maximum atomic E-state index is 6.10. The van der Waals surface area contributed by atoms with Crippen LogP contribution in [0.1, 0.15) is 38.4 Å². The third kappa shape index (κ3) is 2.28. The molecule has 3 rings (SSSR count). The Morgan fingerprint density at radius 3 is 2.80 bits per heavy atom. The molecular weight excluding hydrogens is 272 g/mol. The third-order valence-electron chi connectivity index (χ3n) is 4.39. The van der Waals surface area contributed by atoms with Crippen molar-refractivity contribution in [3.05, 3.63) is 24.0 Å². The van der Waals surface area contributed by atoms with Crippen LogP contribution in [0.2, 0.25) is 0 Å². The molecule has 1 aliphatic carbocycles. The first-order chi connectivity index (χ1) is 9.73. The number of alkyl halides is 1. The Morgan fingerprint density at radius 1 is 1.40 bits per heavy atom. The number of hydrogen-bond donors (Lipinski definition) is 0. The van der Waals surface area contributed by atoms with Gasteiger partial charge < -0.3 is 9.30 Å². The van der Waals surface area contributed by atoms with Crippen LogP contribution in [0.5, 0.6) is 5.75 Å². The Morgan fingerprint density at radius 2 is 2.20 bits per heavy atom. The van der Waals surface area contributed by atoms with E-state index in [9.17, 15) is 0 Å². The molecule has 1 fully saturated rings. The molecule has 0 N–H and O–H groups in total. The number of nitrogens with zero attached hydrogens (tertiary/aromatic N) is 2. The predicted molar refractivity (Wildman–Crippen MR) is 82.4 cm³/mol. The van der Waals surface area contributed by atoms with Crippen LogP contribution in [0.25, 0.3) is 11.0 Å². The van der Waals surface area contributed by atoms with Gasteiger partial charge in [0.1, 0.15) is 17.1 Å². The van der Waals surface area contributed by atoms with Crippen molar-refractivity contribution in [2.75, 3.05) is 7.11 Å². The standard InChI is InChI=1S/C16H21ClN2O/c1-3-7-16(8-9-16)11-19-12-5-4-6-13(20-2)15(12)18-14(19)10-17/h4-6H,3,7-11H2,1-2H3. The van der Waals surface area contributed by atoms with Gasteiger partial charge in [0.25, 0.3) is 0 Å². The number of aromatic nitrogens is 2. The minimum atomic E-state index is 0.444. The van der Waals surface area contributed by atoms with Crippen molar-refractivity contribution in [2.45, 2.75) is 45.0 Å². The zero-order valence-corrected chi connectivity index (χ0v) is 12.9. The Balaban J connectivity index is 2.05. The molecule has 0 radical (unpaired) electrons. The van der Waals surface area contributed by atoms with E-state index in [2.05, 4.69) is 22.5 Å². The van der Waals surface area contributed by atoms with Crippen LogP contribution in [-0.4, -0.2) is 16.7 Å². The molecule has 0 saturated heterocycles. The molecule has 108 valence electrons. The van der Waals surface area contributed by atoms with E-state index in [1.165, 1.54) is 25.7 Å². The Labute approximate surface area is 124 Å². The number of methoxy groups -OCH3 is 1. The second-order valence-corrected chi connectivity index (χ2v) is 6.09. The van der Waals surface area contributed by atoms with Crippen molar-refractivity contribution < 1.29 is 4.74 Å². The quantitative estimate of drug-likeness (QED) is 0.740. The number of hydrogen-bond acceptors (Lipinski definition) is 2. The number of para-hydroxylation sites is 1. The zero-order chi connectivity index (χ0) is 14.2. The number of ether oxygens (including phenoxy) is 1. The van der Waals surface area contributed by atoms with Gasteiger partial charge in [0, 0.05) is 6.54 Å². The van der Waals surface area contributed by atoms with Crippen LogP contribution >= 0.6 is 11.6 Å². The van der Waals surface area contributed by atoms with Gasteiger partial charge in [-0.1, -0.05) is 19.4 Å². The summed E-state index contributed by atoms with van der Waals surface area (Å²) in [6, 6.07) is 6.09. The van der Waals surface area contributed by atoms with Crippen molar-refractivity contribution in [1.82, 2.24) is 9.55 Å². The van der Waals surface area contributed by atoms with Gasteiger partial charge >= 0.3 is 0 Å². The maximum absolute atomic E-state index is 6.10. The fourth-order valence-corrected chi connectivity index (χ4v) is 3.35. The van der Waals surface area contributed by atoms with E-state index in [1.54, 1.807) is 7.11 Å². The summed E-state index contributed by atoms with van der Waals surface area (Å²) in [4.78, 5) is 4.68. The molecular formula is C16H21ClN2O. The highest BCUT2D eigenvalue weighted by atomic mass is 35.5. The molecule has 0 aliphatic heterocycles. The highest BCUT2D eigenvalue weighted by Crippen LogP contribution is 2.51. The van der Waals surface area contributed by atoms with E-state index >= 15 is 0 Å². The predicted octanol–water partition coefficient (Wildman–Crippen LogP) is 4.36. The summed E-state index contributed by atoms with van der Waals surface area (Å²) in [6.07, 6.45) is 5.18. The molecule has 1 heterocycles. The average Bonchev–Trinajstić information content (AvgIpc) is 3.13. The van der Waals surface area contributed by atoms with E-state index in [1.807, 2.05) is 12.1 Å². The van der Waals surface area contributed by atoms with E-state index in [4.69, 9.17) is 16.3 Å². The SMILES string of the molecule is CCCC1(Cn2c(CCl)nc3c(OC)cccc32)CC1. The third-order valence-corrected chi connectivity index (χ3v) is 4.63. The molecule has 3 nitrogen and oxygen atoms in total. The van der Waals surface area contributed by atoms with Crippen molar-refractivity contribution in [3.63, 3.8) is 0 Å². The van der Waals surface area contributed by atoms with Gasteiger partial charge in [-0.3, -0.25) is 0 Å². The number of benzene rings is 1. The van der Waals surface area contributed by atoms with Gasteiger partial charge in [0.2, 0.25) is 0 Å². The van der Waals surface area contributed by atoms with Crippen LogP contribution in [0.3, 0.4) is 0 Å². The van der Waals surface area contributed by atoms with Crippen LogP contribution in [0, 0.1) is 5.41 Å². The second-order valence-electron chi connectivity index (χ2n) is 5.83. The second kappa shape index (κ2) is 5.28. The first kappa shape index (κ1) is 13.7. The summed E-state index contributed by atoms with van der Waals surface area (Å²) in [5.74, 6) is 2.22. The fraction of sp³-hybridized carbons (Fsp3) is 0.562. The molecule has 0 amide bonds. The lowest BCUT2D eigenvalue weighted by Crippen LogP contribution is -2.13. The fourth-order valence-electron chi connectivity index (χ4n) is 3.14. The van der Waals surface area contributed by atoms with Crippen molar-refractivity contribution >= 4 is 22.6 Å². The highest BCUT2D eigenvalue weighted by molar-refractivity contribution is 6.16. The first-order valence-electron chi connectivity index (χ1n) is 7.31. The highest BCUT2D eigenvalue weighted by Gasteiger charge is 2.42. The summed E-state index contributed by atoms with van der Waals surface area (Å²) in [5, 5.41) is 0. The van der Waals surface area contributed by atoms with E-state index < -0.39 is 0 Å². The summed E-state index contributed by atoms with van der Waals surface area (Å²) < 4.78 is 7.71. The zero-order valence-electron chi connectivity index (χ0n) is 12.2. The van der Waals surface area contributed by atoms with Gasteiger partial charge in [0.15, 0.2) is 0 Å². The topological polar surface area (TPSA) is 27.1 Å². The van der Waals surface area contributed by atoms with Crippen LogP contribution in [-0.2, 0) is 12.4 Å². The summed E-state index contributed by atoms with van der Waals surface area (Å²) >= 11 is 6.10. The number of halogens is 1. The van der Waals surface area contributed by atoms with Gasteiger partial charge in [-0.15, -0.1) is 11.6 Å².